The molecule has 1 N–H and O–H groups in total. The van der Waals surface area contributed by atoms with E-state index in [2.05, 4.69) is 26.1 Å². The van der Waals surface area contributed by atoms with Crippen LogP contribution in [0.4, 0.5) is 5.69 Å². The van der Waals surface area contributed by atoms with Crippen molar-refractivity contribution >= 4 is 27.2 Å². The van der Waals surface area contributed by atoms with Crippen molar-refractivity contribution in [2.75, 3.05) is 24.4 Å². The van der Waals surface area contributed by atoms with E-state index in [-0.39, 0.29) is 4.90 Å². The predicted octanol–water partition coefficient (Wildman–Crippen LogP) is 4.21. The van der Waals surface area contributed by atoms with Crippen LogP contribution in [-0.4, -0.2) is 42.5 Å². The van der Waals surface area contributed by atoms with Gasteiger partial charge in [0.15, 0.2) is 0 Å². The molecule has 1 atom stereocenters. The minimum atomic E-state index is -3.64. The van der Waals surface area contributed by atoms with Crippen molar-refractivity contribution in [2.45, 2.75) is 30.6 Å². The molecule has 1 aromatic heterocycles. The number of nitrogens with one attached hydrogen (secondary N) is 1. The molecule has 0 unspecified atom stereocenters. The van der Waals surface area contributed by atoms with Crippen LogP contribution in [0.2, 0.25) is 0 Å². The number of nitrogens with zero attached hydrogens (tertiary/aromatic N) is 3. The molecule has 152 valence electrons. The van der Waals surface area contributed by atoms with Crippen molar-refractivity contribution in [1.82, 2.24) is 14.5 Å². The van der Waals surface area contributed by atoms with E-state index in [9.17, 15) is 8.42 Å². The van der Waals surface area contributed by atoms with E-state index in [0.717, 1.165) is 37.3 Å². The van der Waals surface area contributed by atoms with E-state index >= 15 is 0 Å². The summed E-state index contributed by atoms with van der Waals surface area (Å²) in [5, 5.41) is 5.83. The number of rotatable bonds is 7. The molecular weight excluding hydrogens is 404 g/mol. The Balaban J connectivity index is 1.43. The van der Waals surface area contributed by atoms with Crippen LogP contribution in [0.5, 0.6) is 0 Å². The van der Waals surface area contributed by atoms with Crippen LogP contribution in [0.1, 0.15) is 31.2 Å². The Bertz CT molecular complexity index is 1030. The lowest BCUT2D eigenvalue weighted by Crippen LogP contribution is -2.20. The molecule has 0 amide bonds. The summed E-state index contributed by atoms with van der Waals surface area (Å²) >= 11 is 1.26. The van der Waals surface area contributed by atoms with Gasteiger partial charge in [-0.3, -0.25) is 4.72 Å². The highest BCUT2D eigenvalue weighted by molar-refractivity contribution is 7.92. The lowest BCUT2D eigenvalue weighted by molar-refractivity contribution is 0.335. The van der Waals surface area contributed by atoms with Gasteiger partial charge in [-0.05, 0) is 73.2 Å². The first-order valence-corrected chi connectivity index (χ1v) is 12.1. The van der Waals surface area contributed by atoms with E-state index in [0.29, 0.717) is 11.6 Å². The molecule has 8 heteroatoms. The molecular formula is C21H24N4O2S2. The summed E-state index contributed by atoms with van der Waals surface area (Å²) < 4.78 is 31.9. The molecule has 1 aliphatic rings. The van der Waals surface area contributed by atoms with Crippen LogP contribution in [0.25, 0.3) is 11.3 Å². The van der Waals surface area contributed by atoms with Gasteiger partial charge >= 0.3 is 0 Å². The molecule has 1 fully saturated rings. The van der Waals surface area contributed by atoms with Gasteiger partial charge in [-0.2, -0.15) is 0 Å². The summed E-state index contributed by atoms with van der Waals surface area (Å²) in [6.07, 6.45) is 2.33. The minimum absolute atomic E-state index is 0.222. The van der Waals surface area contributed by atoms with Crippen molar-refractivity contribution in [2.24, 2.45) is 0 Å². The number of hydrogen-bond donors (Lipinski definition) is 1. The fraction of sp³-hybridized carbons (Fsp3) is 0.333. The SMILES string of the molecule is CCCN1CC[C@@H](c2ccc(NS(=O)(=O)c3ccc(-c4csnn4)cc3)cc2)C1. The Hall–Kier alpha value is -2.29. The highest BCUT2D eigenvalue weighted by Crippen LogP contribution is 2.29. The van der Waals surface area contributed by atoms with E-state index in [4.69, 9.17) is 0 Å². The molecule has 1 saturated heterocycles. The summed E-state index contributed by atoms with van der Waals surface area (Å²) in [6, 6.07) is 14.5. The van der Waals surface area contributed by atoms with Crippen molar-refractivity contribution in [1.29, 1.82) is 0 Å². The molecule has 2 aromatic carbocycles. The molecule has 2 heterocycles. The zero-order valence-corrected chi connectivity index (χ0v) is 17.9. The molecule has 0 radical (unpaired) electrons. The zero-order chi connectivity index (χ0) is 20.3. The van der Waals surface area contributed by atoms with Gasteiger partial charge in [0.05, 0.1) is 4.90 Å². The van der Waals surface area contributed by atoms with Gasteiger partial charge in [0.1, 0.15) is 5.69 Å². The third-order valence-corrected chi connectivity index (χ3v) is 7.17. The van der Waals surface area contributed by atoms with Crippen LogP contribution in [-0.2, 0) is 10.0 Å². The van der Waals surface area contributed by atoms with Gasteiger partial charge in [-0.1, -0.05) is 35.7 Å². The van der Waals surface area contributed by atoms with Crippen LogP contribution in [0.3, 0.4) is 0 Å². The highest BCUT2D eigenvalue weighted by atomic mass is 32.2. The quantitative estimate of drug-likeness (QED) is 0.610. The molecule has 29 heavy (non-hydrogen) atoms. The number of likely N-dealkylation sites (tertiary alicyclic amines) is 1. The first-order valence-electron chi connectivity index (χ1n) is 9.78. The molecule has 0 saturated carbocycles. The van der Waals surface area contributed by atoms with Gasteiger partial charge in [0, 0.05) is 23.2 Å². The van der Waals surface area contributed by atoms with Gasteiger partial charge in [0.2, 0.25) is 0 Å². The second kappa shape index (κ2) is 8.61. The second-order valence-corrected chi connectivity index (χ2v) is 9.62. The fourth-order valence-electron chi connectivity index (χ4n) is 3.76. The maximum Gasteiger partial charge on any atom is 0.261 e. The number of benzene rings is 2. The lowest BCUT2D eigenvalue weighted by Gasteiger charge is -2.15. The van der Waals surface area contributed by atoms with Gasteiger partial charge in [-0.25, -0.2) is 8.42 Å². The highest BCUT2D eigenvalue weighted by Gasteiger charge is 2.23. The van der Waals surface area contributed by atoms with Gasteiger partial charge in [-0.15, -0.1) is 5.10 Å². The molecule has 4 rings (SSSR count). The third-order valence-electron chi connectivity index (χ3n) is 5.27. The standard InChI is InChI=1S/C21H24N4O2S2/c1-2-12-25-13-11-18(14-25)16-3-7-19(8-4-16)23-29(26,27)20-9-5-17(6-10-20)21-15-28-24-22-21/h3-10,15,18,23H,2,11-14H2,1H3/t18-/m1/s1. The smallest absolute Gasteiger partial charge is 0.261 e. The summed E-state index contributed by atoms with van der Waals surface area (Å²) in [4.78, 5) is 2.71. The fourth-order valence-corrected chi connectivity index (χ4v) is 5.28. The molecule has 1 aliphatic heterocycles. The molecule has 0 bridgehead atoms. The van der Waals surface area contributed by atoms with Gasteiger partial charge in [0.25, 0.3) is 10.0 Å². The molecule has 0 aliphatic carbocycles. The number of sulfonamides is 1. The van der Waals surface area contributed by atoms with E-state index in [1.54, 1.807) is 24.3 Å². The average Bonchev–Trinajstić information content (AvgIpc) is 3.41. The third kappa shape index (κ3) is 4.66. The van der Waals surface area contributed by atoms with Crippen molar-refractivity contribution < 1.29 is 8.42 Å². The van der Waals surface area contributed by atoms with Crippen LogP contribution < -0.4 is 4.72 Å². The van der Waals surface area contributed by atoms with Crippen molar-refractivity contribution in [3.05, 3.63) is 59.5 Å². The number of hydrogen-bond acceptors (Lipinski definition) is 6. The maximum absolute atomic E-state index is 12.7. The Kier molecular flexibility index (Phi) is 5.94. The monoisotopic (exact) mass is 428 g/mol. The predicted molar refractivity (Wildman–Crippen MR) is 117 cm³/mol. The zero-order valence-electron chi connectivity index (χ0n) is 16.3. The van der Waals surface area contributed by atoms with E-state index < -0.39 is 10.0 Å². The van der Waals surface area contributed by atoms with E-state index in [1.165, 1.54) is 23.5 Å². The minimum Gasteiger partial charge on any atom is -0.303 e. The Morgan fingerprint density at radius 2 is 1.90 bits per heavy atom. The van der Waals surface area contributed by atoms with Crippen molar-refractivity contribution in [3.8, 4) is 11.3 Å². The largest absolute Gasteiger partial charge is 0.303 e. The van der Waals surface area contributed by atoms with Crippen LogP contribution >= 0.6 is 11.5 Å². The first kappa shape index (κ1) is 20.0. The number of anilines is 1. The summed E-state index contributed by atoms with van der Waals surface area (Å²) in [5.74, 6) is 0.528. The maximum atomic E-state index is 12.7. The molecule has 3 aromatic rings. The summed E-state index contributed by atoms with van der Waals surface area (Å²) in [7, 11) is -3.64. The van der Waals surface area contributed by atoms with Gasteiger partial charge < -0.3 is 4.90 Å². The lowest BCUT2D eigenvalue weighted by atomic mass is 9.98. The Labute approximate surface area is 175 Å². The molecule has 0 spiro atoms. The van der Waals surface area contributed by atoms with E-state index in [1.807, 2.05) is 29.6 Å². The van der Waals surface area contributed by atoms with Crippen molar-refractivity contribution in [3.63, 3.8) is 0 Å². The second-order valence-electron chi connectivity index (χ2n) is 7.33. The molecule has 6 nitrogen and oxygen atoms in total. The normalized spacial score (nSPS) is 17.5. The summed E-state index contributed by atoms with van der Waals surface area (Å²) in [5.41, 5.74) is 3.43. The Morgan fingerprint density at radius 1 is 1.14 bits per heavy atom. The number of aromatic nitrogens is 2. The topological polar surface area (TPSA) is 75.2 Å². The average molecular weight is 429 g/mol. The Morgan fingerprint density at radius 3 is 2.55 bits per heavy atom. The first-order chi connectivity index (χ1) is 14.0. The van der Waals surface area contributed by atoms with Crippen LogP contribution in [0, 0.1) is 0 Å². The van der Waals surface area contributed by atoms with Crippen LogP contribution in [0.15, 0.2) is 58.8 Å². The summed E-state index contributed by atoms with van der Waals surface area (Å²) in [6.45, 7) is 5.57.